The molecule has 149 valence electrons. The van der Waals surface area contributed by atoms with E-state index >= 15 is 0 Å². The van der Waals surface area contributed by atoms with Gasteiger partial charge in [0.1, 0.15) is 0 Å². The van der Waals surface area contributed by atoms with E-state index in [1.54, 1.807) is 36.5 Å². The van der Waals surface area contributed by atoms with Gasteiger partial charge in [-0.1, -0.05) is 47.5 Å². The van der Waals surface area contributed by atoms with Crippen LogP contribution in [0.25, 0.3) is 22.2 Å². The molecule has 0 spiro atoms. The molecule has 0 fully saturated rings. The van der Waals surface area contributed by atoms with Gasteiger partial charge in [0, 0.05) is 17.1 Å². The zero-order valence-electron chi connectivity index (χ0n) is 14.9. The summed E-state index contributed by atoms with van der Waals surface area (Å²) in [4.78, 5) is 8.17. The van der Waals surface area contributed by atoms with Gasteiger partial charge in [0.15, 0.2) is 0 Å². The minimum absolute atomic E-state index is 0. The predicted molar refractivity (Wildman–Crippen MR) is 106 cm³/mol. The summed E-state index contributed by atoms with van der Waals surface area (Å²) < 4.78 is 38.3. The number of nitrogen functional groups attached to an aromatic ring is 1. The Kier molecular flexibility index (Phi) is 7.66. The van der Waals surface area contributed by atoms with Crippen molar-refractivity contribution in [3.05, 3.63) is 84.6 Å². The minimum Gasteiger partial charge on any atom is -0.760 e. The molecule has 0 saturated heterocycles. The molecular formula is C21H15F3N3OsS. The number of hydrogen-bond acceptors (Lipinski definition) is 4. The zero-order chi connectivity index (χ0) is 20.1. The minimum atomic E-state index is -4.37. The number of hydrogen-bond donors (Lipinski definition) is 1. The third-order valence-electron chi connectivity index (χ3n) is 3.87. The van der Waals surface area contributed by atoms with Crippen molar-refractivity contribution < 1.29 is 33.0 Å². The molecule has 4 aromatic rings. The van der Waals surface area contributed by atoms with Crippen LogP contribution in [0.5, 0.6) is 0 Å². The van der Waals surface area contributed by atoms with Crippen LogP contribution in [0.1, 0.15) is 5.56 Å². The van der Waals surface area contributed by atoms with Gasteiger partial charge in [-0.3, -0.25) is 4.98 Å². The third-order valence-corrected chi connectivity index (χ3v) is 4.12. The first kappa shape index (κ1) is 22.7. The summed E-state index contributed by atoms with van der Waals surface area (Å²) in [5.74, 6) is 0. The van der Waals surface area contributed by atoms with Gasteiger partial charge < -0.3 is 18.4 Å². The fourth-order valence-electron chi connectivity index (χ4n) is 2.53. The molecule has 0 saturated carbocycles. The van der Waals surface area contributed by atoms with E-state index in [1.807, 2.05) is 24.3 Å². The number of aromatic nitrogens is 2. The van der Waals surface area contributed by atoms with E-state index in [0.717, 1.165) is 17.5 Å². The fourth-order valence-corrected chi connectivity index (χ4v) is 2.67. The Morgan fingerprint density at radius 1 is 0.862 bits per heavy atom. The molecule has 29 heavy (non-hydrogen) atoms. The van der Waals surface area contributed by atoms with Crippen molar-refractivity contribution in [2.75, 3.05) is 5.73 Å². The molecule has 0 unspecified atom stereocenters. The van der Waals surface area contributed by atoms with E-state index < -0.39 is 11.7 Å². The van der Waals surface area contributed by atoms with E-state index in [9.17, 15) is 13.2 Å². The number of rotatable bonds is 1. The maximum atomic E-state index is 12.8. The van der Waals surface area contributed by atoms with Crippen LogP contribution >= 0.6 is 0 Å². The van der Waals surface area contributed by atoms with E-state index in [-0.39, 0.29) is 19.8 Å². The maximum absolute atomic E-state index is 12.8. The fraction of sp³-hybridized carbons (Fsp3) is 0.0476. The van der Waals surface area contributed by atoms with Crippen molar-refractivity contribution in [1.29, 1.82) is 0 Å². The molecule has 0 aliphatic carbocycles. The first-order valence-electron chi connectivity index (χ1n) is 8.25. The molecule has 0 bridgehead atoms. The van der Waals surface area contributed by atoms with Gasteiger partial charge in [-0.25, -0.2) is 4.98 Å². The largest absolute Gasteiger partial charge is 1.00 e. The number of nitrogens with two attached hydrogens (primary N) is 1. The Morgan fingerprint density at radius 2 is 1.62 bits per heavy atom. The first-order chi connectivity index (χ1) is 13.3. The normalized spacial score (nSPS) is 10.6. The van der Waals surface area contributed by atoms with Crippen LogP contribution in [0.2, 0.25) is 0 Å². The first-order valence-corrected chi connectivity index (χ1v) is 8.66. The summed E-state index contributed by atoms with van der Waals surface area (Å²) in [5, 5.41) is 1.51. The standard InChI is InChI=1S/C16H11F3N2.C5H5NS.Os/c17-16(18,19)12-5-1-4-11(9-12)14-8-7-10-3-2-6-13(20)15(10)21-14;7-5-3-1-2-4-6-5;/h1-9H,20H2;1-4H,(H,6,7);/q;;+1/p-1. The van der Waals surface area contributed by atoms with Crippen molar-refractivity contribution in [1.82, 2.24) is 9.97 Å². The zero-order valence-corrected chi connectivity index (χ0v) is 18.2. The van der Waals surface area contributed by atoms with Crippen molar-refractivity contribution in [3.63, 3.8) is 0 Å². The Bertz CT molecular complexity index is 1090. The van der Waals surface area contributed by atoms with Gasteiger partial charge >= 0.3 is 26.0 Å². The van der Waals surface area contributed by atoms with Crippen LogP contribution in [0.3, 0.4) is 0 Å². The Morgan fingerprint density at radius 3 is 2.24 bits per heavy atom. The number of benzene rings is 2. The van der Waals surface area contributed by atoms with Crippen molar-refractivity contribution in [3.8, 4) is 11.3 Å². The van der Waals surface area contributed by atoms with E-state index in [2.05, 4.69) is 9.97 Å². The second-order valence-corrected chi connectivity index (χ2v) is 6.28. The van der Waals surface area contributed by atoms with Gasteiger partial charge in [-0.2, -0.15) is 13.2 Å². The van der Waals surface area contributed by atoms with Gasteiger partial charge in [0.2, 0.25) is 0 Å². The number of fused-ring (bicyclic) bond motifs is 1. The van der Waals surface area contributed by atoms with Gasteiger partial charge in [0.05, 0.1) is 22.5 Å². The Balaban J connectivity index is 0.000000319. The summed E-state index contributed by atoms with van der Waals surface area (Å²) in [6.07, 6.45) is -2.69. The number of anilines is 1. The van der Waals surface area contributed by atoms with Crippen LogP contribution in [0, 0.1) is 0 Å². The molecule has 2 aromatic heterocycles. The predicted octanol–water partition coefficient (Wildman–Crippen LogP) is 5.49. The molecule has 2 N–H and O–H groups in total. The summed E-state index contributed by atoms with van der Waals surface area (Å²) in [7, 11) is 0. The van der Waals surface area contributed by atoms with E-state index in [4.69, 9.17) is 18.4 Å². The molecule has 8 heteroatoms. The molecule has 2 aromatic carbocycles. The van der Waals surface area contributed by atoms with Gasteiger partial charge in [-0.15, -0.1) is 0 Å². The summed E-state index contributed by atoms with van der Waals surface area (Å²) in [5.41, 5.74) is 7.14. The Labute approximate surface area is 184 Å². The molecule has 1 radical (unpaired) electrons. The Hall–Kier alpha value is -2.55. The van der Waals surface area contributed by atoms with Gasteiger partial charge in [-0.05, 0) is 30.3 Å². The molecular weight excluding hydrogens is 574 g/mol. The van der Waals surface area contributed by atoms with Crippen LogP contribution in [-0.2, 0) is 38.6 Å². The average Bonchev–Trinajstić information content (AvgIpc) is 2.69. The van der Waals surface area contributed by atoms with E-state index in [1.165, 1.54) is 6.07 Å². The topological polar surface area (TPSA) is 51.8 Å². The summed E-state index contributed by atoms with van der Waals surface area (Å²) in [6, 6.07) is 19.5. The molecule has 3 nitrogen and oxygen atoms in total. The second-order valence-electron chi connectivity index (χ2n) is 5.86. The molecule has 0 amide bonds. The molecule has 4 rings (SSSR count). The molecule has 0 aliphatic heterocycles. The van der Waals surface area contributed by atoms with Crippen LogP contribution in [0.15, 0.2) is 84.0 Å². The molecule has 0 aliphatic rings. The van der Waals surface area contributed by atoms with Crippen LogP contribution < -0.4 is 5.73 Å². The average molecular weight is 589 g/mol. The van der Waals surface area contributed by atoms with Crippen molar-refractivity contribution in [2.45, 2.75) is 11.2 Å². The van der Waals surface area contributed by atoms with Crippen molar-refractivity contribution in [2.24, 2.45) is 0 Å². The number of nitrogens with zero attached hydrogens (tertiary/aromatic N) is 2. The summed E-state index contributed by atoms with van der Waals surface area (Å²) in [6.45, 7) is 0. The number of alkyl halides is 3. The smallest absolute Gasteiger partial charge is 0.760 e. The third kappa shape index (κ3) is 5.96. The number of halogens is 3. The monoisotopic (exact) mass is 590 g/mol. The van der Waals surface area contributed by atoms with Crippen LogP contribution in [0.4, 0.5) is 18.9 Å². The van der Waals surface area contributed by atoms with E-state index in [0.29, 0.717) is 27.5 Å². The SMILES string of the molecule is Nc1cccc2ccc(-c3cccc(C(F)(F)F)c3)nc12.[Os+].[S-]c1ccccn1. The van der Waals surface area contributed by atoms with Crippen molar-refractivity contribution >= 4 is 29.2 Å². The summed E-state index contributed by atoms with van der Waals surface area (Å²) >= 11 is 4.70. The quantitative estimate of drug-likeness (QED) is 0.236. The maximum Gasteiger partial charge on any atom is 1.00 e. The molecule has 2 heterocycles. The second kappa shape index (κ2) is 9.77. The van der Waals surface area contributed by atoms with Gasteiger partial charge in [0.25, 0.3) is 0 Å². The number of pyridine rings is 2. The number of para-hydroxylation sites is 1. The molecule has 0 atom stereocenters. The van der Waals surface area contributed by atoms with Crippen LogP contribution in [-0.4, -0.2) is 9.97 Å².